The molecule has 0 fully saturated rings. The highest BCUT2D eigenvalue weighted by Crippen LogP contribution is 2.28. The molecule has 0 saturated heterocycles. The number of aryl methyl sites for hydroxylation is 1. The minimum atomic E-state index is -0.294. The third kappa shape index (κ3) is 5.08. The van der Waals surface area contributed by atoms with Crippen LogP contribution in [0, 0.1) is 0 Å². The van der Waals surface area contributed by atoms with Crippen molar-refractivity contribution < 1.29 is 9.84 Å². The Hall–Kier alpha value is -2.92. The first kappa shape index (κ1) is 19.8. The Morgan fingerprint density at radius 2 is 1.86 bits per heavy atom. The number of pyridine rings is 2. The molecule has 1 N–H and O–H groups in total. The number of aromatic nitrogens is 2. The summed E-state index contributed by atoms with van der Waals surface area (Å²) in [5, 5.41) is 9.82. The van der Waals surface area contributed by atoms with Crippen molar-refractivity contribution in [1.29, 1.82) is 0 Å². The Morgan fingerprint density at radius 3 is 2.57 bits per heavy atom. The van der Waals surface area contributed by atoms with Crippen molar-refractivity contribution in [3.63, 3.8) is 0 Å². The van der Waals surface area contributed by atoms with Crippen LogP contribution >= 0.6 is 0 Å². The topological polar surface area (TPSA) is 58.5 Å². The Labute approximate surface area is 166 Å². The van der Waals surface area contributed by atoms with Crippen LogP contribution in [0.15, 0.2) is 60.9 Å². The van der Waals surface area contributed by atoms with Crippen LogP contribution in [0.1, 0.15) is 25.3 Å². The van der Waals surface area contributed by atoms with E-state index in [2.05, 4.69) is 9.97 Å². The van der Waals surface area contributed by atoms with E-state index in [4.69, 9.17) is 4.74 Å². The molecular formula is C23H27N3O2. The van der Waals surface area contributed by atoms with Gasteiger partial charge in [0.2, 0.25) is 0 Å². The maximum Gasteiger partial charge on any atom is 0.133 e. The van der Waals surface area contributed by atoms with Gasteiger partial charge in [0.25, 0.3) is 0 Å². The Bertz CT molecular complexity index is 894. The summed E-state index contributed by atoms with van der Waals surface area (Å²) in [6, 6.07) is 15.8. The largest absolute Gasteiger partial charge is 0.457 e. The molecular weight excluding hydrogens is 350 g/mol. The van der Waals surface area contributed by atoms with Crippen LogP contribution in [-0.4, -0.2) is 35.3 Å². The van der Waals surface area contributed by atoms with Gasteiger partial charge in [-0.1, -0.05) is 13.0 Å². The lowest BCUT2D eigenvalue weighted by molar-refractivity contribution is 0.160. The van der Waals surface area contributed by atoms with Crippen LogP contribution < -0.4 is 9.64 Å². The standard InChI is InChI=1S/C23H27N3O2/c1-4-19(27)11-8-18-16-24-15-14-22(18)28-20-12-9-17(10-13-20)21-6-5-7-23(25-21)26(2)3/h5-7,9-10,12-16,19,27H,4,8,11H2,1-3H3/t19-/m1/s1. The number of nitrogens with zero attached hydrogens (tertiary/aromatic N) is 3. The molecule has 1 aromatic carbocycles. The van der Waals surface area contributed by atoms with E-state index in [1.165, 1.54) is 0 Å². The van der Waals surface area contributed by atoms with E-state index in [-0.39, 0.29) is 6.10 Å². The van der Waals surface area contributed by atoms with Crippen molar-refractivity contribution in [2.24, 2.45) is 0 Å². The van der Waals surface area contributed by atoms with Gasteiger partial charge in [-0.3, -0.25) is 4.98 Å². The molecule has 3 rings (SSSR count). The zero-order valence-corrected chi connectivity index (χ0v) is 16.7. The molecule has 146 valence electrons. The number of anilines is 1. The Balaban J connectivity index is 1.74. The first-order valence-corrected chi connectivity index (χ1v) is 9.60. The van der Waals surface area contributed by atoms with Gasteiger partial charge in [-0.2, -0.15) is 0 Å². The average Bonchev–Trinajstić information content (AvgIpc) is 2.73. The second kappa shape index (κ2) is 9.33. The van der Waals surface area contributed by atoms with E-state index in [1.54, 1.807) is 6.20 Å². The Kier molecular flexibility index (Phi) is 6.61. The third-order valence-electron chi connectivity index (χ3n) is 4.65. The maximum atomic E-state index is 9.82. The summed E-state index contributed by atoms with van der Waals surface area (Å²) in [7, 11) is 3.96. The van der Waals surface area contributed by atoms with E-state index in [1.807, 2.05) is 80.6 Å². The van der Waals surface area contributed by atoms with E-state index < -0.39 is 0 Å². The highest BCUT2D eigenvalue weighted by Gasteiger charge is 2.09. The fraction of sp³-hybridized carbons (Fsp3) is 0.304. The summed E-state index contributed by atoms with van der Waals surface area (Å²) in [4.78, 5) is 10.9. The first-order chi connectivity index (χ1) is 13.6. The van der Waals surface area contributed by atoms with Crippen molar-refractivity contribution in [2.75, 3.05) is 19.0 Å². The van der Waals surface area contributed by atoms with Gasteiger partial charge in [-0.15, -0.1) is 0 Å². The second-order valence-electron chi connectivity index (χ2n) is 6.99. The summed E-state index contributed by atoms with van der Waals surface area (Å²) in [6.45, 7) is 1.98. The monoisotopic (exact) mass is 377 g/mol. The predicted octanol–water partition coefficient (Wildman–Crippen LogP) is 4.71. The zero-order chi connectivity index (χ0) is 19.9. The SMILES string of the molecule is CC[C@@H](O)CCc1cnccc1Oc1ccc(-c2cccc(N(C)C)n2)cc1. The molecule has 1 atom stereocenters. The molecule has 28 heavy (non-hydrogen) atoms. The zero-order valence-electron chi connectivity index (χ0n) is 16.7. The molecule has 0 aliphatic rings. The molecule has 2 aromatic heterocycles. The van der Waals surface area contributed by atoms with Crippen molar-refractivity contribution in [3.05, 3.63) is 66.5 Å². The minimum absolute atomic E-state index is 0.294. The van der Waals surface area contributed by atoms with Gasteiger partial charge in [0.05, 0.1) is 11.8 Å². The summed E-state index contributed by atoms with van der Waals surface area (Å²) in [5.41, 5.74) is 2.97. The fourth-order valence-electron chi connectivity index (χ4n) is 2.88. The van der Waals surface area contributed by atoms with Gasteiger partial charge < -0.3 is 14.7 Å². The van der Waals surface area contributed by atoms with Gasteiger partial charge in [0.15, 0.2) is 0 Å². The van der Waals surface area contributed by atoms with Gasteiger partial charge >= 0.3 is 0 Å². The lowest BCUT2D eigenvalue weighted by Gasteiger charge is -2.13. The molecule has 0 amide bonds. The predicted molar refractivity (Wildman–Crippen MR) is 113 cm³/mol. The van der Waals surface area contributed by atoms with E-state index in [0.717, 1.165) is 47.0 Å². The van der Waals surface area contributed by atoms with E-state index in [0.29, 0.717) is 6.42 Å². The number of aliphatic hydroxyl groups is 1. The van der Waals surface area contributed by atoms with Crippen LogP contribution in [0.5, 0.6) is 11.5 Å². The summed E-state index contributed by atoms with van der Waals surface area (Å²) >= 11 is 0. The van der Waals surface area contributed by atoms with Crippen LogP contribution in [-0.2, 0) is 6.42 Å². The van der Waals surface area contributed by atoms with E-state index >= 15 is 0 Å². The van der Waals surface area contributed by atoms with Crippen molar-refractivity contribution in [1.82, 2.24) is 9.97 Å². The molecule has 5 heteroatoms. The third-order valence-corrected chi connectivity index (χ3v) is 4.65. The number of rotatable bonds is 8. The molecule has 3 aromatic rings. The molecule has 0 radical (unpaired) electrons. The maximum absolute atomic E-state index is 9.82. The molecule has 0 saturated carbocycles. The van der Waals surface area contributed by atoms with Crippen LogP contribution in [0.3, 0.4) is 0 Å². The van der Waals surface area contributed by atoms with Gasteiger partial charge in [-0.05, 0) is 61.7 Å². The Morgan fingerprint density at radius 1 is 1.07 bits per heavy atom. The highest BCUT2D eigenvalue weighted by molar-refractivity contribution is 5.62. The van der Waals surface area contributed by atoms with Crippen molar-refractivity contribution in [2.45, 2.75) is 32.3 Å². The number of hydrogen-bond acceptors (Lipinski definition) is 5. The lowest BCUT2D eigenvalue weighted by atomic mass is 10.1. The molecule has 2 heterocycles. The van der Waals surface area contributed by atoms with Crippen LogP contribution in [0.25, 0.3) is 11.3 Å². The van der Waals surface area contributed by atoms with Crippen molar-refractivity contribution >= 4 is 5.82 Å². The summed E-state index contributed by atoms with van der Waals surface area (Å²) in [5.74, 6) is 2.46. The van der Waals surface area contributed by atoms with Crippen LogP contribution in [0.2, 0.25) is 0 Å². The highest BCUT2D eigenvalue weighted by atomic mass is 16.5. The second-order valence-corrected chi connectivity index (χ2v) is 6.99. The molecule has 0 bridgehead atoms. The lowest BCUT2D eigenvalue weighted by Crippen LogP contribution is -2.10. The summed E-state index contributed by atoms with van der Waals surface area (Å²) in [6.07, 6.45) is 5.42. The number of aliphatic hydroxyl groups excluding tert-OH is 1. The first-order valence-electron chi connectivity index (χ1n) is 9.60. The summed E-state index contributed by atoms with van der Waals surface area (Å²) < 4.78 is 6.08. The minimum Gasteiger partial charge on any atom is -0.457 e. The molecule has 5 nitrogen and oxygen atoms in total. The van der Waals surface area contributed by atoms with Gasteiger partial charge in [0.1, 0.15) is 17.3 Å². The molecule has 0 aliphatic carbocycles. The van der Waals surface area contributed by atoms with Crippen LogP contribution in [0.4, 0.5) is 5.82 Å². The van der Waals surface area contributed by atoms with E-state index in [9.17, 15) is 5.11 Å². The van der Waals surface area contributed by atoms with Gasteiger partial charge in [0, 0.05) is 37.6 Å². The number of hydrogen-bond donors (Lipinski definition) is 1. The quantitative estimate of drug-likeness (QED) is 0.616. The fourth-order valence-corrected chi connectivity index (χ4v) is 2.88. The smallest absolute Gasteiger partial charge is 0.133 e. The number of ether oxygens (including phenoxy) is 1. The normalized spacial score (nSPS) is 11.9. The average molecular weight is 377 g/mol. The molecule has 0 unspecified atom stereocenters. The van der Waals surface area contributed by atoms with Gasteiger partial charge in [-0.25, -0.2) is 4.98 Å². The number of benzene rings is 1. The molecule has 0 aliphatic heterocycles. The van der Waals surface area contributed by atoms with Crippen molar-refractivity contribution in [3.8, 4) is 22.8 Å². The molecule has 0 spiro atoms.